The average molecular weight is 245 g/mol. The van der Waals surface area contributed by atoms with Crippen LogP contribution in [0.1, 0.15) is 57.4 Å². The van der Waals surface area contributed by atoms with Crippen LogP contribution >= 0.6 is 0 Å². The van der Waals surface area contributed by atoms with Crippen LogP contribution in [-0.4, -0.2) is 5.91 Å². The molecule has 0 saturated carbocycles. The van der Waals surface area contributed by atoms with E-state index in [-0.39, 0.29) is 5.91 Å². The van der Waals surface area contributed by atoms with Gasteiger partial charge in [0.2, 0.25) is 5.91 Å². The molecule has 2 atom stereocenters. The zero-order valence-electron chi connectivity index (χ0n) is 11.4. The van der Waals surface area contributed by atoms with Crippen molar-refractivity contribution in [2.24, 2.45) is 5.92 Å². The van der Waals surface area contributed by atoms with Crippen molar-refractivity contribution in [1.29, 1.82) is 0 Å². The molecule has 2 nitrogen and oxygen atoms in total. The number of carbonyl (C=O) groups excluding carboxylic acids is 1. The third kappa shape index (κ3) is 2.74. The SMILES string of the molecule is CCC[C@H]1CC(=O)Nc2ccccc2[C@H]1CCC. The summed E-state index contributed by atoms with van der Waals surface area (Å²) in [6, 6.07) is 8.30. The highest BCUT2D eigenvalue weighted by Gasteiger charge is 2.29. The second-order valence-electron chi connectivity index (χ2n) is 5.28. The molecule has 0 radical (unpaired) electrons. The summed E-state index contributed by atoms with van der Waals surface area (Å²) in [5, 5.41) is 3.06. The normalized spacial score (nSPS) is 23.1. The van der Waals surface area contributed by atoms with Gasteiger partial charge in [-0.3, -0.25) is 4.79 Å². The molecule has 0 spiro atoms. The van der Waals surface area contributed by atoms with E-state index < -0.39 is 0 Å². The van der Waals surface area contributed by atoms with E-state index >= 15 is 0 Å². The predicted octanol–water partition coefficient (Wildman–Crippen LogP) is 4.33. The van der Waals surface area contributed by atoms with Gasteiger partial charge in [0.25, 0.3) is 0 Å². The van der Waals surface area contributed by atoms with Gasteiger partial charge in [0.1, 0.15) is 0 Å². The molecule has 0 fully saturated rings. The summed E-state index contributed by atoms with van der Waals surface area (Å²) < 4.78 is 0. The van der Waals surface area contributed by atoms with Crippen LogP contribution in [0, 0.1) is 5.92 Å². The Hall–Kier alpha value is -1.31. The third-order valence-electron chi connectivity index (χ3n) is 3.91. The van der Waals surface area contributed by atoms with Crippen molar-refractivity contribution in [3.8, 4) is 0 Å². The highest BCUT2D eigenvalue weighted by atomic mass is 16.1. The fourth-order valence-electron chi connectivity index (χ4n) is 3.15. The molecule has 18 heavy (non-hydrogen) atoms. The maximum atomic E-state index is 12.0. The van der Waals surface area contributed by atoms with Crippen molar-refractivity contribution >= 4 is 11.6 Å². The molecule has 98 valence electrons. The van der Waals surface area contributed by atoms with E-state index in [0.29, 0.717) is 18.3 Å². The zero-order chi connectivity index (χ0) is 13.0. The quantitative estimate of drug-likeness (QED) is 0.840. The molecule has 0 aromatic heterocycles. The van der Waals surface area contributed by atoms with E-state index in [9.17, 15) is 4.79 Å². The first-order chi connectivity index (χ1) is 8.76. The van der Waals surface area contributed by atoms with Crippen LogP contribution in [0.25, 0.3) is 0 Å². The summed E-state index contributed by atoms with van der Waals surface area (Å²) in [5.41, 5.74) is 2.36. The minimum Gasteiger partial charge on any atom is -0.326 e. The number of fused-ring (bicyclic) bond motifs is 1. The number of carbonyl (C=O) groups is 1. The fraction of sp³-hybridized carbons (Fsp3) is 0.562. The smallest absolute Gasteiger partial charge is 0.224 e. The summed E-state index contributed by atoms with van der Waals surface area (Å²) in [6.07, 6.45) is 5.32. The molecule has 0 bridgehead atoms. The number of amides is 1. The molecule has 1 aliphatic rings. The number of benzene rings is 1. The summed E-state index contributed by atoms with van der Waals surface area (Å²) >= 11 is 0. The van der Waals surface area contributed by atoms with Crippen molar-refractivity contribution < 1.29 is 4.79 Å². The molecule has 1 heterocycles. The molecule has 1 aromatic rings. The van der Waals surface area contributed by atoms with Gasteiger partial charge in [-0.05, 0) is 36.3 Å². The number of para-hydroxylation sites is 1. The number of hydrogen-bond donors (Lipinski definition) is 1. The van der Waals surface area contributed by atoms with E-state index in [0.717, 1.165) is 18.5 Å². The predicted molar refractivity (Wildman–Crippen MR) is 75.7 cm³/mol. The second kappa shape index (κ2) is 6.03. The zero-order valence-corrected chi connectivity index (χ0v) is 11.4. The van der Waals surface area contributed by atoms with Crippen LogP contribution in [0.2, 0.25) is 0 Å². The Morgan fingerprint density at radius 1 is 1.17 bits per heavy atom. The van der Waals surface area contributed by atoms with Crippen molar-refractivity contribution in [3.63, 3.8) is 0 Å². The van der Waals surface area contributed by atoms with E-state index in [1.165, 1.54) is 18.4 Å². The highest BCUT2D eigenvalue weighted by Crippen LogP contribution is 2.40. The van der Waals surface area contributed by atoms with Gasteiger partial charge in [0.15, 0.2) is 0 Å². The molecular weight excluding hydrogens is 222 g/mol. The first-order valence-corrected chi connectivity index (χ1v) is 7.15. The van der Waals surface area contributed by atoms with Gasteiger partial charge in [-0.2, -0.15) is 0 Å². The Balaban J connectivity index is 2.37. The summed E-state index contributed by atoms with van der Waals surface area (Å²) in [7, 11) is 0. The minimum absolute atomic E-state index is 0.180. The monoisotopic (exact) mass is 245 g/mol. The van der Waals surface area contributed by atoms with Gasteiger partial charge in [-0.1, -0.05) is 44.9 Å². The van der Waals surface area contributed by atoms with Crippen LogP contribution in [0.5, 0.6) is 0 Å². The topological polar surface area (TPSA) is 29.1 Å². The number of nitrogens with one attached hydrogen (secondary N) is 1. The van der Waals surface area contributed by atoms with Gasteiger partial charge in [0, 0.05) is 12.1 Å². The van der Waals surface area contributed by atoms with Gasteiger partial charge in [-0.15, -0.1) is 0 Å². The van der Waals surface area contributed by atoms with Crippen molar-refractivity contribution in [1.82, 2.24) is 0 Å². The number of hydrogen-bond acceptors (Lipinski definition) is 1. The lowest BCUT2D eigenvalue weighted by atomic mass is 9.79. The highest BCUT2D eigenvalue weighted by molar-refractivity contribution is 5.92. The van der Waals surface area contributed by atoms with Crippen molar-refractivity contribution in [2.45, 2.75) is 51.9 Å². The molecule has 1 amide bonds. The first-order valence-electron chi connectivity index (χ1n) is 7.15. The van der Waals surface area contributed by atoms with Gasteiger partial charge in [0.05, 0.1) is 0 Å². The third-order valence-corrected chi connectivity index (χ3v) is 3.91. The standard InChI is InChI=1S/C16H23NO/c1-3-7-12-11-16(18)17-15-10-6-5-9-14(15)13(12)8-4-2/h5-6,9-10,12-13H,3-4,7-8,11H2,1-2H3,(H,17,18)/t12-,13-/m0/s1. The minimum atomic E-state index is 0.180. The molecule has 1 N–H and O–H groups in total. The summed E-state index contributed by atoms with van der Waals surface area (Å²) in [4.78, 5) is 12.0. The van der Waals surface area contributed by atoms with E-state index in [4.69, 9.17) is 0 Å². The first kappa shape index (κ1) is 13.1. The summed E-state index contributed by atoms with van der Waals surface area (Å²) in [6.45, 7) is 4.43. The molecule has 0 saturated heterocycles. The number of rotatable bonds is 4. The van der Waals surface area contributed by atoms with Gasteiger partial charge >= 0.3 is 0 Å². The lowest BCUT2D eigenvalue weighted by Gasteiger charge is -2.25. The largest absolute Gasteiger partial charge is 0.326 e. The molecular formula is C16H23NO. The van der Waals surface area contributed by atoms with Crippen LogP contribution in [-0.2, 0) is 4.79 Å². The van der Waals surface area contributed by atoms with E-state index in [1.807, 2.05) is 12.1 Å². The number of anilines is 1. The van der Waals surface area contributed by atoms with Crippen molar-refractivity contribution in [2.75, 3.05) is 5.32 Å². The summed E-state index contributed by atoms with van der Waals surface area (Å²) in [5.74, 6) is 1.21. The van der Waals surface area contributed by atoms with Crippen LogP contribution < -0.4 is 5.32 Å². The van der Waals surface area contributed by atoms with E-state index in [2.05, 4.69) is 31.3 Å². The molecule has 2 heteroatoms. The lowest BCUT2D eigenvalue weighted by molar-refractivity contribution is -0.117. The van der Waals surface area contributed by atoms with Gasteiger partial charge in [-0.25, -0.2) is 0 Å². The lowest BCUT2D eigenvalue weighted by Crippen LogP contribution is -2.16. The van der Waals surface area contributed by atoms with Crippen LogP contribution in [0.3, 0.4) is 0 Å². The Bertz CT molecular complexity index is 413. The van der Waals surface area contributed by atoms with Crippen molar-refractivity contribution in [3.05, 3.63) is 29.8 Å². The van der Waals surface area contributed by atoms with Crippen LogP contribution in [0.4, 0.5) is 5.69 Å². The van der Waals surface area contributed by atoms with Crippen LogP contribution in [0.15, 0.2) is 24.3 Å². The van der Waals surface area contributed by atoms with Gasteiger partial charge < -0.3 is 5.32 Å². The molecule has 0 unspecified atom stereocenters. The Morgan fingerprint density at radius 2 is 1.89 bits per heavy atom. The maximum absolute atomic E-state index is 12.0. The fourth-order valence-corrected chi connectivity index (χ4v) is 3.15. The average Bonchev–Trinajstić information content (AvgIpc) is 2.48. The Labute approximate surface area is 110 Å². The van der Waals surface area contributed by atoms with E-state index in [1.54, 1.807) is 0 Å². The molecule has 1 aliphatic heterocycles. The molecule has 0 aliphatic carbocycles. The molecule has 2 rings (SSSR count). The second-order valence-corrected chi connectivity index (χ2v) is 5.28. The Morgan fingerprint density at radius 3 is 2.61 bits per heavy atom. The Kier molecular flexibility index (Phi) is 4.40. The molecule has 1 aromatic carbocycles. The maximum Gasteiger partial charge on any atom is 0.224 e.